The Morgan fingerprint density at radius 2 is 1.55 bits per heavy atom. The van der Waals surface area contributed by atoms with Gasteiger partial charge in [0.1, 0.15) is 5.82 Å². The first-order valence-corrected chi connectivity index (χ1v) is 11.6. The minimum absolute atomic E-state index is 0.138. The van der Waals surface area contributed by atoms with Gasteiger partial charge in [-0.25, -0.2) is 8.42 Å². The van der Waals surface area contributed by atoms with Crippen molar-refractivity contribution in [3.8, 4) is 0 Å². The molecule has 31 heavy (non-hydrogen) atoms. The van der Waals surface area contributed by atoms with E-state index in [2.05, 4.69) is 15.5 Å². The van der Waals surface area contributed by atoms with Gasteiger partial charge in [-0.3, -0.25) is 14.5 Å². The molecule has 0 spiro atoms. The molecule has 0 saturated carbocycles. The van der Waals surface area contributed by atoms with Gasteiger partial charge in [0, 0.05) is 45.6 Å². The number of carbonyl (C=O) groups is 2. The maximum atomic E-state index is 13.0. The fourth-order valence-corrected chi connectivity index (χ4v) is 5.13. The summed E-state index contributed by atoms with van der Waals surface area (Å²) in [4.78, 5) is 27.0. The summed E-state index contributed by atoms with van der Waals surface area (Å²) in [6.07, 6.45) is 0.372. The van der Waals surface area contributed by atoms with Gasteiger partial charge in [-0.15, -0.1) is 10.2 Å². The molecule has 4 rings (SSSR count). The van der Waals surface area contributed by atoms with Gasteiger partial charge in [0.05, 0.1) is 10.6 Å². The lowest BCUT2D eigenvalue weighted by Gasteiger charge is -2.34. The Morgan fingerprint density at radius 3 is 2.10 bits per heavy atom. The molecular weight excluding hydrogens is 420 g/mol. The molecule has 1 N–H and O–H groups in total. The minimum atomic E-state index is -3.68. The van der Waals surface area contributed by atoms with Crippen molar-refractivity contribution in [1.29, 1.82) is 0 Å². The quantitative estimate of drug-likeness (QED) is 0.658. The molecule has 1 aromatic carbocycles. The van der Waals surface area contributed by atoms with Gasteiger partial charge in [0.25, 0.3) is 0 Å². The summed E-state index contributed by atoms with van der Waals surface area (Å²) in [5.74, 6) is 0.882. The molecule has 11 heteroatoms. The minimum Gasteiger partial charge on any atom is -0.369 e. The Morgan fingerprint density at radius 1 is 0.903 bits per heavy atom. The molecule has 2 aliphatic heterocycles. The van der Waals surface area contributed by atoms with Crippen molar-refractivity contribution < 1.29 is 18.0 Å². The number of rotatable bonds is 6. The summed E-state index contributed by atoms with van der Waals surface area (Å²) in [7, 11) is -3.68. The van der Waals surface area contributed by atoms with Crippen molar-refractivity contribution in [2.75, 3.05) is 47.8 Å². The number of aromatic nitrogens is 2. The van der Waals surface area contributed by atoms with E-state index in [9.17, 15) is 18.0 Å². The Balaban J connectivity index is 1.42. The summed E-state index contributed by atoms with van der Waals surface area (Å²) in [6, 6.07) is 9.63. The molecule has 10 nitrogen and oxygen atoms in total. The number of hydrogen-bond acceptors (Lipinski definition) is 8. The van der Waals surface area contributed by atoms with E-state index in [0.29, 0.717) is 43.5 Å². The van der Waals surface area contributed by atoms with Crippen LogP contribution in [0.15, 0.2) is 41.3 Å². The van der Waals surface area contributed by atoms with E-state index in [1.54, 1.807) is 0 Å². The lowest BCUT2D eigenvalue weighted by atomic mass is 10.3. The van der Waals surface area contributed by atoms with Crippen molar-refractivity contribution in [3.05, 3.63) is 36.4 Å². The lowest BCUT2D eigenvalue weighted by Crippen LogP contribution is -2.49. The van der Waals surface area contributed by atoms with Crippen LogP contribution < -0.4 is 15.1 Å². The third-order valence-electron chi connectivity index (χ3n) is 5.36. The highest BCUT2D eigenvalue weighted by Crippen LogP contribution is 2.26. The second kappa shape index (κ2) is 8.60. The number of amides is 2. The first kappa shape index (κ1) is 21.2. The van der Waals surface area contributed by atoms with Crippen LogP contribution in [0.1, 0.15) is 19.8 Å². The molecule has 0 radical (unpaired) electrons. The number of hydrogen-bond donors (Lipinski definition) is 1. The molecule has 3 heterocycles. The smallest absolute Gasteiger partial charge is 0.243 e. The molecule has 0 unspecified atom stereocenters. The summed E-state index contributed by atoms with van der Waals surface area (Å²) in [6.45, 7) is 4.39. The van der Waals surface area contributed by atoms with Crippen LogP contribution in [-0.2, 0) is 19.6 Å². The van der Waals surface area contributed by atoms with Crippen LogP contribution in [0.4, 0.5) is 17.3 Å². The van der Waals surface area contributed by atoms with Crippen molar-refractivity contribution in [3.63, 3.8) is 0 Å². The third kappa shape index (κ3) is 4.23. The molecule has 0 bridgehead atoms. The number of sulfonamides is 1. The van der Waals surface area contributed by atoms with Crippen LogP contribution in [0.25, 0.3) is 0 Å². The van der Waals surface area contributed by atoms with Crippen LogP contribution >= 0.6 is 0 Å². The van der Waals surface area contributed by atoms with Crippen LogP contribution in [0.3, 0.4) is 0 Å². The van der Waals surface area contributed by atoms with E-state index in [1.165, 1.54) is 28.6 Å². The highest BCUT2D eigenvalue weighted by atomic mass is 32.2. The molecule has 0 atom stereocenters. The van der Waals surface area contributed by atoms with Crippen LogP contribution in [0.2, 0.25) is 0 Å². The predicted molar refractivity (Wildman–Crippen MR) is 115 cm³/mol. The zero-order valence-electron chi connectivity index (χ0n) is 17.2. The van der Waals surface area contributed by atoms with Gasteiger partial charge >= 0.3 is 0 Å². The molecule has 164 valence electrons. The summed E-state index contributed by atoms with van der Waals surface area (Å²) in [5, 5.41) is 11.4. The fraction of sp³-hybridized carbons (Fsp3) is 0.400. The van der Waals surface area contributed by atoms with Crippen LogP contribution in [0.5, 0.6) is 0 Å². The van der Waals surface area contributed by atoms with Gasteiger partial charge < -0.3 is 10.2 Å². The van der Waals surface area contributed by atoms with Gasteiger partial charge in [-0.05, 0) is 43.3 Å². The fourth-order valence-electron chi connectivity index (χ4n) is 3.71. The monoisotopic (exact) mass is 444 g/mol. The number of anilines is 3. The average molecular weight is 445 g/mol. The van der Waals surface area contributed by atoms with Gasteiger partial charge in [-0.1, -0.05) is 0 Å². The SMILES string of the molecule is CCNc1ccc(N2CCN(S(=O)(=O)c3ccc(N4C(=O)CCC4=O)cc3)CC2)nn1. The molecule has 2 fully saturated rings. The first-order valence-electron chi connectivity index (χ1n) is 10.2. The third-order valence-corrected chi connectivity index (χ3v) is 7.27. The number of piperazine rings is 1. The van der Waals surface area contributed by atoms with E-state index in [4.69, 9.17) is 0 Å². The summed E-state index contributed by atoms with van der Waals surface area (Å²) in [5.41, 5.74) is 0.399. The second-order valence-corrected chi connectivity index (χ2v) is 9.25. The van der Waals surface area contributed by atoms with Crippen LogP contribution in [-0.4, -0.2) is 67.5 Å². The van der Waals surface area contributed by atoms with E-state index >= 15 is 0 Å². The molecular formula is C20H24N6O4S. The van der Waals surface area contributed by atoms with Gasteiger partial charge in [-0.2, -0.15) is 4.31 Å². The first-order chi connectivity index (χ1) is 14.9. The maximum Gasteiger partial charge on any atom is 0.243 e. The van der Waals surface area contributed by atoms with Crippen molar-refractivity contribution in [1.82, 2.24) is 14.5 Å². The zero-order chi connectivity index (χ0) is 22.0. The number of nitrogens with zero attached hydrogens (tertiary/aromatic N) is 5. The number of imide groups is 1. The van der Waals surface area contributed by atoms with Gasteiger partial charge in [0.2, 0.25) is 21.8 Å². The second-order valence-electron chi connectivity index (χ2n) is 7.32. The number of carbonyl (C=O) groups excluding carboxylic acids is 2. The Bertz CT molecular complexity index is 1050. The number of nitrogens with one attached hydrogen (secondary N) is 1. The van der Waals surface area contributed by atoms with Crippen molar-refractivity contribution in [2.45, 2.75) is 24.7 Å². The predicted octanol–water partition coefficient (Wildman–Crippen LogP) is 1.07. The van der Waals surface area contributed by atoms with E-state index < -0.39 is 10.0 Å². The molecule has 2 aliphatic rings. The summed E-state index contributed by atoms with van der Waals surface area (Å²) >= 11 is 0. The molecule has 2 saturated heterocycles. The topological polar surface area (TPSA) is 116 Å². The highest BCUT2D eigenvalue weighted by molar-refractivity contribution is 7.89. The van der Waals surface area contributed by atoms with E-state index in [-0.39, 0.29) is 29.6 Å². The normalized spacial score (nSPS) is 18.0. The largest absolute Gasteiger partial charge is 0.369 e. The van der Waals surface area contributed by atoms with Crippen LogP contribution in [0, 0.1) is 0 Å². The molecule has 1 aromatic heterocycles. The van der Waals surface area contributed by atoms with Gasteiger partial charge in [0.15, 0.2) is 5.82 Å². The van der Waals surface area contributed by atoms with Crippen molar-refractivity contribution >= 4 is 39.2 Å². The zero-order valence-corrected chi connectivity index (χ0v) is 18.0. The standard InChI is InChI=1S/C20H24N6O4S/c1-2-21-17-7-8-18(23-22-17)24-11-13-25(14-12-24)31(29,30)16-5-3-15(4-6-16)26-19(27)9-10-20(26)28/h3-8H,2,9-14H2,1H3,(H,21,22). The van der Waals surface area contributed by atoms with E-state index in [0.717, 1.165) is 11.4 Å². The Labute approximate surface area is 180 Å². The maximum absolute atomic E-state index is 13.0. The summed E-state index contributed by atoms with van der Waals surface area (Å²) < 4.78 is 27.5. The molecule has 2 aromatic rings. The van der Waals surface area contributed by atoms with Crippen molar-refractivity contribution in [2.24, 2.45) is 0 Å². The van der Waals surface area contributed by atoms with E-state index in [1.807, 2.05) is 24.0 Å². The lowest BCUT2D eigenvalue weighted by molar-refractivity contribution is -0.121. The molecule has 2 amide bonds. The number of benzene rings is 1. The molecule has 0 aliphatic carbocycles. The average Bonchev–Trinajstić information content (AvgIpc) is 3.12. The Kier molecular flexibility index (Phi) is 5.88. The Hall–Kier alpha value is -3.05. The highest BCUT2D eigenvalue weighted by Gasteiger charge is 2.32.